The molecule has 0 aliphatic rings. The first-order valence-electron chi connectivity index (χ1n) is 8.28. The number of aryl methyl sites for hydroxylation is 1. The maximum Gasteiger partial charge on any atom is -0.0105 e. The Bertz CT molecular complexity index is 709. The first-order chi connectivity index (χ1) is 11.4. The highest BCUT2D eigenvalue weighted by Gasteiger charge is 2.04. The average molecular weight is 298 g/mol. The van der Waals surface area contributed by atoms with E-state index in [2.05, 4.69) is 97.9 Å². The molecule has 0 aromatic heterocycles. The molecule has 0 spiro atoms. The smallest absolute Gasteiger partial charge is 0.0105 e. The Morgan fingerprint density at radius 1 is 0.696 bits per heavy atom. The van der Waals surface area contributed by atoms with E-state index in [0.29, 0.717) is 0 Å². The van der Waals surface area contributed by atoms with E-state index in [1.165, 1.54) is 34.2 Å². The highest BCUT2D eigenvalue weighted by Crippen LogP contribution is 2.26. The second kappa shape index (κ2) is 7.60. The summed E-state index contributed by atoms with van der Waals surface area (Å²) < 4.78 is 0. The van der Waals surface area contributed by atoms with Crippen LogP contribution >= 0.6 is 0 Å². The summed E-state index contributed by atoms with van der Waals surface area (Å²) in [6.45, 7) is 2.22. The maximum atomic E-state index is 2.28. The molecule has 3 rings (SSSR count). The molecular formula is C23H22. The van der Waals surface area contributed by atoms with Gasteiger partial charge in [0.2, 0.25) is 0 Å². The molecule has 114 valence electrons. The van der Waals surface area contributed by atoms with Crippen molar-refractivity contribution in [1.29, 1.82) is 0 Å². The minimum absolute atomic E-state index is 1.15. The van der Waals surface area contributed by atoms with Crippen molar-refractivity contribution in [2.45, 2.75) is 19.8 Å². The van der Waals surface area contributed by atoms with Crippen molar-refractivity contribution in [3.05, 3.63) is 107 Å². The maximum absolute atomic E-state index is 2.28. The zero-order chi connectivity index (χ0) is 15.9. The van der Waals surface area contributed by atoms with Crippen molar-refractivity contribution < 1.29 is 0 Å². The molecule has 0 bridgehead atoms. The highest BCUT2D eigenvalue weighted by atomic mass is 14.1. The molecule has 0 aliphatic heterocycles. The Morgan fingerprint density at radius 3 is 1.70 bits per heavy atom. The third kappa shape index (κ3) is 3.98. The lowest BCUT2D eigenvalue weighted by Crippen LogP contribution is -1.88. The van der Waals surface area contributed by atoms with E-state index >= 15 is 0 Å². The number of benzene rings is 3. The Balaban J connectivity index is 2.01. The molecule has 0 saturated heterocycles. The molecule has 0 fully saturated rings. The van der Waals surface area contributed by atoms with Gasteiger partial charge in [-0.1, -0.05) is 98.3 Å². The van der Waals surface area contributed by atoms with Crippen molar-refractivity contribution in [3.63, 3.8) is 0 Å². The van der Waals surface area contributed by atoms with Gasteiger partial charge in [-0.25, -0.2) is 0 Å². The fourth-order valence-electron chi connectivity index (χ4n) is 2.80. The van der Waals surface area contributed by atoms with Gasteiger partial charge < -0.3 is 0 Å². The molecule has 0 saturated carbocycles. The Hall–Kier alpha value is -2.60. The second-order valence-electron chi connectivity index (χ2n) is 5.78. The molecule has 0 amide bonds. The van der Waals surface area contributed by atoms with Crippen LogP contribution in [0.15, 0.2) is 84.9 Å². The predicted molar refractivity (Wildman–Crippen MR) is 100 cm³/mol. The predicted octanol–water partition coefficient (Wildman–Crippen LogP) is 6.23. The third-order valence-corrected chi connectivity index (χ3v) is 4.00. The van der Waals surface area contributed by atoms with E-state index in [9.17, 15) is 0 Å². The zero-order valence-electron chi connectivity index (χ0n) is 13.6. The summed E-state index contributed by atoms with van der Waals surface area (Å²) in [4.78, 5) is 0. The van der Waals surface area contributed by atoms with Gasteiger partial charge in [0.05, 0.1) is 0 Å². The van der Waals surface area contributed by atoms with Crippen LogP contribution in [0.2, 0.25) is 0 Å². The summed E-state index contributed by atoms with van der Waals surface area (Å²) in [5, 5.41) is 0. The number of hydrogen-bond acceptors (Lipinski definition) is 0. The van der Waals surface area contributed by atoms with Gasteiger partial charge in [-0.05, 0) is 40.3 Å². The highest BCUT2D eigenvalue weighted by molar-refractivity contribution is 5.91. The molecule has 3 aromatic carbocycles. The van der Waals surface area contributed by atoms with Crippen LogP contribution in [0.25, 0.3) is 11.6 Å². The quantitative estimate of drug-likeness (QED) is 0.490. The van der Waals surface area contributed by atoms with Crippen molar-refractivity contribution >= 4 is 11.6 Å². The molecule has 0 aliphatic carbocycles. The van der Waals surface area contributed by atoms with Gasteiger partial charge >= 0.3 is 0 Å². The monoisotopic (exact) mass is 298 g/mol. The normalized spacial score (nSPS) is 10.3. The van der Waals surface area contributed by atoms with Crippen LogP contribution in [0.3, 0.4) is 0 Å². The summed E-state index contributed by atoms with van der Waals surface area (Å²) in [5.41, 5.74) is 6.40. The van der Waals surface area contributed by atoms with Gasteiger partial charge in [0.25, 0.3) is 0 Å². The van der Waals surface area contributed by atoms with E-state index in [1.54, 1.807) is 0 Å². The lowest BCUT2D eigenvalue weighted by Gasteiger charge is -2.09. The molecule has 0 nitrogen and oxygen atoms in total. The van der Waals surface area contributed by atoms with Crippen molar-refractivity contribution in [1.82, 2.24) is 0 Å². The van der Waals surface area contributed by atoms with Gasteiger partial charge in [-0.2, -0.15) is 0 Å². The Kier molecular flexibility index (Phi) is 5.06. The summed E-state index contributed by atoms with van der Waals surface area (Å²) in [6, 6.07) is 30.1. The van der Waals surface area contributed by atoms with Crippen molar-refractivity contribution in [2.75, 3.05) is 0 Å². The first kappa shape index (κ1) is 15.3. The van der Waals surface area contributed by atoms with Crippen LogP contribution in [0.4, 0.5) is 0 Å². The Labute approximate surface area is 139 Å². The Morgan fingerprint density at radius 2 is 1.22 bits per heavy atom. The fourth-order valence-corrected chi connectivity index (χ4v) is 2.80. The molecule has 0 unspecified atom stereocenters. The second-order valence-corrected chi connectivity index (χ2v) is 5.78. The molecule has 0 heterocycles. The van der Waals surface area contributed by atoms with Crippen molar-refractivity contribution in [2.24, 2.45) is 0 Å². The van der Waals surface area contributed by atoms with Crippen LogP contribution in [-0.2, 0) is 6.42 Å². The summed E-state index contributed by atoms with van der Waals surface area (Å²) in [5.74, 6) is 0. The third-order valence-electron chi connectivity index (χ3n) is 4.00. The number of rotatable bonds is 5. The zero-order valence-corrected chi connectivity index (χ0v) is 13.6. The van der Waals surface area contributed by atoms with Crippen LogP contribution in [0.1, 0.15) is 35.6 Å². The van der Waals surface area contributed by atoms with Crippen LogP contribution in [-0.4, -0.2) is 0 Å². The lowest BCUT2D eigenvalue weighted by molar-refractivity contribution is 0.922. The van der Waals surface area contributed by atoms with Crippen LogP contribution in [0, 0.1) is 0 Å². The minimum Gasteiger partial charge on any atom is -0.0651 e. The SMILES string of the molecule is CCCc1ccc(C=C(c2ccccc2)c2ccccc2)cc1. The van der Waals surface area contributed by atoms with Crippen LogP contribution in [0.5, 0.6) is 0 Å². The minimum atomic E-state index is 1.15. The standard InChI is InChI=1S/C23H22/c1-2-9-19-14-16-20(17-15-19)18-23(21-10-5-3-6-11-21)22-12-7-4-8-13-22/h3-8,10-18H,2,9H2,1H3. The van der Waals surface area contributed by atoms with E-state index in [4.69, 9.17) is 0 Å². The van der Waals surface area contributed by atoms with E-state index in [-0.39, 0.29) is 0 Å². The number of hydrogen-bond donors (Lipinski definition) is 0. The fraction of sp³-hybridized carbons (Fsp3) is 0.130. The molecule has 0 atom stereocenters. The van der Waals surface area contributed by atoms with Crippen molar-refractivity contribution in [3.8, 4) is 0 Å². The van der Waals surface area contributed by atoms with Gasteiger partial charge in [-0.3, -0.25) is 0 Å². The summed E-state index contributed by atoms with van der Waals surface area (Å²) in [6.07, 6.45) is 4.61. The molecule has 0 radical (unpaired) electrons. The van der Waals surface area contributed by atoms with Gasteiger partial charge in [0.1, 0.15) is 0 Å². The summed E-state index contributed by atoms with van der Waals surface area (Å²) in [7, 11) is 0. The van der Waals surface area contributed by atoms with Gasteiger partial charge in [-0.15, -0.1) is 0 Å². The van der Waals surface area contributed by atoms with Gasteiger partial charge in [0.15, 0.2) is 0 Å². The lowest BCUT2D eigenvalue weighted by atomic mass is 9.95. The van der Waals surface area contributed by atoms with E-state index < -0.39 is 0 Å². The molecule has 3 aromatic rings. The summed E-state index contributed by atoms with van der Waals surface area (Å²) >= 11 is 0. The molecule has 0 heteroatoms. The van der Waals surface area contributed by atoms with E-state index in [0.717, 1.165) is 6.42 Å². The van der Waals surface area contributed by atoms with Gasteiger partial charge in [0, 0.05) is 0 Å². The largest absolute Gasteiger partial charge is 0.0651 e. The molecule has 0 N–H and O–H groups in total. The van der Waals surface area contributed by atoms with Crippen LogP contribution < -0.4 is 0 Å². The topological polar surface area (TPSA) is 0 Å². The molecular weight excluding hydrogens is 276 g/mol. The molecule has 23 heavy (non-hydrogen) atoms. The average Bonchev–Trinajstić information content (AvgIpc) is 2.63. The first-order valence-corrected chi connectivity index (χ1v) is 8.28. The van der Waals surface area contributed by atoms with E-state index in [1.807, 2.05) is 0 Å².